The van der Waals surface area contributed by atoms with Gasteiger partial charge in [-0.1, -0.05) is 0 Å². The highest BCUT2D eigenvalue weighted by Gasteiger charge is 2.56. The van der Waals surface area contributed by atoms with E-state index in [1.807, 2.05) is 23.7 Å². The highest BCUT2D eigenvalue weighted by atomic mass is 32.1. The molecule has 0 aromatic carbocycles. The fraction of sp³-hybridized carbons (Fsp3) is 0.500. The molecule has 6 heteroatoms. The molecule has 1 spiro atoms. The van der Waals surface area contributed by atoms with Gasteiger partial charge in [0.1, 0.15) is 16.9 Å². The van der Waals surface area contributed by atoms with E-state index in [0.717, 1.165) is 25.5 Å². The predicted octanol–water partition coefficient (Wildman–Crippen LogP) is 2.90. The van der Waals surface area contributed by atoms with Crippen molar-refractivity contribution < 1.29 is 0 Å². The van der Waals surface area contributed by atoms with Gasteiger partial charge in [-0.3, -0.25) is 4.90 Å². The summed E-state index contributed by atoms with van der Waals surface area (Å²) in [6.07, 6.45) is 7.32. The Labute approximate surface area is 146 Å². The molecule has 1 atom stereocenters. The first kappa shape index (κ1) is 15.6. The minimum Gasteiger partial charge on any atom is -0.355 e. The summed E-state index contributed by atoms with van der Waals surface area (Å²) in [6.45, 7) is 2.94. The zero-order valence-electron chi connectivity index (χ0n) is 13.9. The van der Waals surface area contributed by atoms with Crippen LogP contribution in [0.2, 0.25) is 0 Å². The molecule has 5 nitrogen and oxygen atoms in total. The van der Waals surface area contributed by atoms with Crippen molar-refractivity contribution in [2.75, 3.05) is 25.0 Å². The van der Waals surface area contributed by atoms with E-state index in [1.165, 1.54) is 24.3 Å². The summed E-state index contributed by atoms with van der Waals surface area (Å²) >= 11 is 1.73. The van der Waals surface area contributed by atoms with Gasteiger partial charge in [0.15, 0.2) is 0 Å². The Hall–Kier alpha value is -1.97. The van der Waals surface area contributed by atoms with Gasteiger partial charge >= 0.3 is 0 Å². The molecule has 124 valence electrons. The van der Waals surface area contributed by atoms with Crippen LogP contribution >= 0.6 is 11.3 Å². The maximum Gasteiger partial charge on any atom is 0.146 e. The van der Waals surface area contributed by atoms with E-state index < -0.39 is 0 Å². The van der Waals surface area contributed by atoms with Crippen LogP contribution in [0.15, 0.2) is 29.9 Å². The summed E-state index contributed by atoms with van der Waals surface area (Å²) in [7, 11) is 2.22. The van der Waals surface area contributed by atoms with Crippen molar-refractivity contribution in [3.63, 3.8) is 0 Å². The zero-order valence-corrected chi connectivity index (χ0v) is 14.7. The van der Waals surface area contributed by atoms with Crippen LogP contribution in [0.3, 0.4) is 0 Å². The number of aromatic nitrogens is 2. The van der Waals surface area contributed by atoms with Gasteiger partial charge in [-0.15, -0.1) is 11.3 Å². The molecule has 2 fully saturated rings. The van der Waals surface area contributed by atoms with E-state index in [2.05, 4.69) is 32.9 Å². The molecule has 4 rings (SSSR count). The molecule has 0 amide bonds. The van der Waals surface area contributed by atoms with Gasteiger partial charge in [-0.05, 0) is 43.9 Å². The molecular weight excluding hydrogens is 318 g/mol. The Morgan fingerprint density at radius 2 is 2.21 bits per heavy atom. The lowest BCUT2D eigenvalue weighted by Gasteiger charge is -2.35. The maximum absolute atomic E-state index is 9.27. The van der Waals surface area contributed by atoms with E-state index in [9.17, 15) is 5.26 Å². The van der Waals surface area contributed by atoms with E-state index in [4.69, 9.17) is 0 Å². The van der Waals surface area contributed by atoms with Gasteiger partial charge < -0.3 is 4.90 Å². The normalized spacial score (nSPS) is 21.9. The van der Waals surface area contributed by atoms with Crippen LogP contribution in [-0.2, 0) is 6.54 Å². The molecule has 1 unspecified atom stereocenters. The van der Waals surface area contributed by atoms with Crippen LogP contribution in [0.5, 0.6) is 0 Å². The first-order valence-corrected chi connectivity index (χ1v) is 9.28. The van der Waals surface area contributed by atoms with Crippen molar-refractivity contribution in [1.29, 1.82) is 5.26 Å². The molecule has 24 heavy (non-hydrogen) atoms. The molecule has 2 aliphatic rings. The van der Waals surface area contributed by atoms with Crippen molar-refractivity contribution in [1.82, 2.24) is 14.9 Å². The maximum atomic E-state index is 9.27. The molecule has 3 heterocycles. The molecule has 1 aliphatic heterocycles. The van der Waals surface area contributed by atoms with Gasteiger partial charge in [0, 0.05) is 36.9 Å². The van der Waals surface area contributed by atoms with Crippen LogP contribution in [0.25, 0.3) is 0 Å². The third-order valence-electron chi connectivity index (χ3n) is 5.51. The summed E-state index contributed by atoms with van der Waals surface area (Å²) < 4.78 is 0. The number of rotatable bonds is 4. The average molecular weight is 339 g/mol. The minimum absolute atomic E-state index is 0.462. The molecule has 1 aliphatic carbocycles. The number of pyridine rings is 1. The van der Waals surface area contributed by atoms with E-state index in [-0.39, 0.29) is 0 Å². The van der Waals surface area contributed by atoms with E-state index in [0.29, 0.717) is 17.0 Å². The number of hydrogen-bond donors (Lipinski definition) is 0. The monoisotopic (exact) mass is 339 g/mol. The van der Waals surface area contributed by atoms with Crippen LogP contribution in [0, 0.1) is 16.7 Å². The molecule has 0 bridgehead atoms. The summed E-state index contributed by atoms with van der Waals surface area (Å²) in [5.41, 5.74) is 1.14. The molecule has 0 N–H and O–H groups in total. The van der Waals surface area contributed by atoms with E-state index >= 15 is 0 Å². The first-order valence-electron chi connectivity index (χ1n) is 8.40. The quantitative estimate of drug-likeness (QED) is 0.857. The number of nitrogens with zero attached hydrogens (tertiary/aromatic N) is 5. The van der Waals surface area contributed by atoms with Gasteiger partial charge in [-0.25, -0.2) is 9.97 Å². The summed E-state index contributed by atoms with van der Waals surface area (Å²) in [6, 6.07) is 6.62. The number of anilines is 1. The van der Waals surface area contributed by atoms with Gasteiger partial charge in [0.2, 0.25) is 0 Å². The molecule has 0 radical (unpaired) electrons. The Balaban J connectivity index is 1.38. The van der Waals surface area contributed by atoms with Crippen LogP contribution in [0.1, 0.15) is 29.8 Å². The Kier molecular flexibility index (Phi) is 3.99. The lowest BCUT2D eigenvalue weighted by atomic mass is 9.92. The third kappa shape index (κ3) is 2.79. The fourth-order valence-electron chi connectivity index (χ4n) is 4.04. The van der Waals surface area contributed by atoms with Gasteiger partial charge in [0.25, 0.3) is 0 Å². The molecule has 1 saturated carbocycles. The third-order valence-corrected chi connectivity index (χ3v) is 6.28. The second kappa shape index (κ2) is 6.15. The predicted molar refractivity (Wildman–Crippen MR) is 94.8 cm³/mol. The summed E-state index contributed by atoms with van der Waals surface area (Å²) in [5, 5.41) is 12.5. The smallest absolute Gasteiger partial charge is 0.146 e. The minimum atomic E-state index is 0.462. The Morgan fingerprint density at radius 1 is 1.38 bits per heavy atom. The first-order chi connectivity index (χ1) is 11.7. The lowest BCUT2D eigenvalue weighted by Crippen LogP contribution is -2.38. The molecule has 1 saturated heterocycles. The molecular formula is C18H21N5S. The Bertz CT molecular complexity index is 743. The van der Waals surface area contributed by atoms with Crippen LogP contribution in [0.4, 0.5) is 5.82 Å². The SMILES string of the molecule is CN(Cc1nccs1)C1CC12CCN(c1ncccc1C#N)CC2. The van der Waals surface area contributed by atoms with Crippen molar-refractivity contribution in [3.05, 3.63) is 40.5 Å². The second-order valence-corrected chi connectivity index (χ2v) is 7.88. The van der Waals surface area contributed by atoms with Gasteiger partial charge in [0.05, 0.1) is 12.1 Å². The number of thiazole rings is 1. The topological polar surface area (TPSA) is 56.1 Å². The summed E-state index contributed by atoms with van der Waals surface area (Å²) in [4.78, 5) is 13.6. The highest BCUT2D eigenvalue weighted by molar-refractivity contribution is 7.09. The molecule has 2 aromatic rings. The average Bonchev–Trinajstić information content (AvgIpc) is 3.07. The fourth-order valence-corrected chi connectivity index (χ4v) is 4.72. The second-order valence-electron chi connectivity index (χ2n) is 6.90. The van der Waals surface area contributed by atoms with Crippen LogP contribution < -0.4 is 4.90 Å². The lowest BCUT2D eigenvalue weighted by molar-refractivity contribution is 0.238. The number of nitriles is 1. The zero-order chi connectivity index (χ0) is 16.6. The highest BCUT2D eigenvalue weighted by Crippen LogP contribution is 2.56. The standard InChI is InChI=1S/C18H21N5S/c1-22(13-16-20-7-10-24-16)15-11-18(15)4-8-23(9-5-18)17-14(12-19)3-2-6-21-17/h2-3,6-7,10,15H,4-5,8-9,11,13H2,1H3. The van der Waals surface area contributed by atoms with Gasteiger partial charge in [-0.2, -0.15) is 5.26 Å². The van der Waals surface area contributed by atoms with Crippen molar-refractivity contribution in [2.24, 2.45) is 5.41 Å². The van der Waals surface area contributed by atoms with Crippen molar-refractivity contribution >= 4 is 17.2 Å². The van der Waals surface area contributed by atoms with E-state index in [1.54, 1.807) is 17.5 Å². The van der Waals surface area contributed by atoms with Crippen LogP contribution in [-0.4, -0.2) is 41.0 Å². The molecule has 2 aromatic heterocycles. The number of piperidine rings is 1. The van der Waals surface area contributed by atoms with Crippen molar-refractivity contribution in [3.8, 4) is 6.07 Å². The Morgan fingerprint density at radius 3 is 2.92 bits per heavy atom. The summed E-state index contributed by atoms with van der Waals surface area (Å²) in [5.74, 6) is 0.850. The van der Waals surface area contributed by atoms with Crippen molar-refractivity contribution in [2.45, 2.75) is 31.8 Å². The largest absolute Gasteiger partial charge is 0.355 e. The number of hydrogen-bond acceptors (Lipinski definition) is 6.